The Balaban J connectivity index is 1.29. The maximum atomic E-state index is 14.8. The summed E-state index contributed by atoms with van der Waals surface area (Å²) in [5, 5.41) is 38.9. The van der Waals surface area contributed by atoms with E-state index in [1.807, 2.05) is 0 Å². The molecule has 0 amide bonds. The van der Waals surface area contributed by atoms with Crippen molar-refractivity contribution in [3.05, 3.63) is 38.0 Å². The molecule has 0 unspecified atom stereocenters. The molecule has 0 heterocycles. The number of azide groups is 1. The van der Waals surface area contributed by atoms with Crippen LogP contribution < -0.4 is 5.32 Å². The molecule has 4 aliphatic rings. The Morgan fingerprint density at radius 2 is 1.80 bits per heavy atom. The Morgan fingerprint density at radius 1 is 1.07 bits per heavy atom. The molecule has 12 heteroatoms. The van der Waals surface area contributed by atoms with Gasteiger partial charge >= 0.3 is 5.69 Å². The van der Waals surface area contributed by atoms with Gasteiger partial charge in [0, 0.05) is 11.5 Å². The number of rotatable bonds is 7. The minimum Gasteiger partial charge on any atom is -0.393 e. The van der Waals surface area contributed by atoms with Gasteiger partial charge in [0.2, 0.25) is 5.82 Å². The number of nitro groups is 1. The molecule has 40 heavy (non-hydrogen) atoms. The fourth-order valence-electron chi connectivity index (χ4n) is 9.45. The second-order valence-corrected chi connectivity index (χ2v) is 13.1. The van der Waals surface area contributed by atoms with E-state index in [1.54, 1.807) is 0 Å². The molecule has 0 radical (unpaired) electrons. The van der Waals surface area contributed by atoms with Gasteiger partial charge in [0.15, 0.2) is 17.3 Å². The number of nitro benzene ring substituents is 1. The Labute approximate surface area is 231 Å². The molecule has 8 atom stereocenters. The maximum absolute atomic E-state index is 14.8. The number of benzene rings is 1. The smallest absolute Gasteiger partial charge is 0.333 e. The van der Waals surface area contributed by atoms with Crippen molar-refractivity contribution in [3.8, 4) is 0 Å². The fourth-order valence-corrected chi connectivity index (χ4v) is 9.45. The fraction of sp³-hybridized carbons (Fsp3) is 0.786. The normalized spacial score (nSPS) is 38.5. The zero-order chi connectivity index (χ0) is 29.0. The van der Waals surface area contributed by atoms with E-state index in [1.165, 1.54) is 0 Å². The lowest BCUT2D eigenvalue weighted by Gasteiger charge is -2.61. The zero-order valence-corrected chi connectivity index (χ0v) is 23.0. The maximum Gasteiger partial charge on any atom is 0.333 e. The minimum atomic E-state index is -1.92. The van der Waals surface area contributed by atoms with Gasteiger partial charge < -0.3 is 15.5 Å². The van der Waals surface area contributed by atoms with Gasteiger partial charge in [-0.25, -0.2) is 8.78 Å². The molecule has 5 rings (SSSR count). The third kappa shape index (κ3) is 4.34. The minimum absolute atomic E-state index is 0.0320. The summed E-state index contributed by atoms with van der Waals surface area (Å²) in [7, 11) is 0. The lowest BCUT2D eigenvalue weighted by molar-refractivity contribution is -0.387. The molecule has 0 aromatic heterocycles. The molecular weight excluding hydrogens is 527 g/mol. The van der Waals surface area contributed by atoms with Gasteiger partial charge in [0.05, 0.1) is 16.6 Å². The topological polar surface area (TPSA) is 144 Å². The first-order valence-corrected chi connectivity index (χ1v) is 14.4. The number of nitrogens with one attached hydrogen (secondary N) is 1. The number of aliphatic hydroxyl groups excluding tert-OH is 1. The number of hydrogen-bond acceptors (Lipinski definition) is 6. The van der Waals surface area contributed by atoms with Gasteiger partial charge in [0.1, 0.15) is 5.69 Å². The predicted molar refractivity (Wildman–Crippen MR) is 142 cm³/mol. The van der Waals surface area contributed by atoms with Gasteiger partial charge in [-0.15, -0.1) is 0 Å². The van der Waals surface area contributed by atoms with Crippen molar-refractivity contribution in [1.82, 2.24) is 0 Å². The van der Waals surface area contributed by atoms with E-state index in [4.69, 9.17) is 5.53 Å². The highest BCUT2D eigenvalue weighted by Crippen LogP contribution is 2.68. The molecule has 1 aromatic rings. The van der Waals surface area contributed by atoms with E-state index >= 15 is 0 Å². The predicted octanol–water partition coefficient (Wildman–Crippen LogP) is 7.28. The summed E-state index contributed by atoms with van der Waals surface area (Å²) < 4.78 is 43.3. The molecule has 9 nitrogen and oxygen atoms in total. The molecule has 4 fully saturated rings. The Hall–Kier alpha value is -2.56. The number of anilines is 1. The molecule has 0 saturated heterocycles. The molecular formula is C28H38F3N5O4. The molecule has 4 saturated carbocycles. The van der Waals surface area contributed by atoms with Crippen LogP contribution in [0.2, 0.25) is 0 Å². The van der Waals surface area contributed by atoms with Gasteiger partial charge in [-0.2, -0.15) is 4.39 Å². The molecule has 220 valence electrons. The van der Waals surface area contributed by atoms with Crippen LogP contribution in [-0.4, -0.2) is 33.4 Å². The van der Waals surface area contributed by atoms with Crippen LogP contribution in [0.4, 0.5) is 30.2 Å². The summed E-state index contributed by atoms with van der Waals surface area (Å²) in [4.78, 5) is 12.4. The van der Waals surface area contributed by atoms with Crippen LogP contribution in [0, 0.1) is 62.1 Å². The van der Waals surface area contributed by atoms with Crippen LogP contribution in [0.5, 0.6) is 0 Å². The standard InChI is InChI=1S/C28H38F3N5O4/c1-26-10-6-16(37)14-15(26)4-5-17-18(26)7-11-27(2)19(17)8-12-28(27,38)9-3-13-33-24-22(31)23(34-35-32)20(29)21(30)25(24)36(39)40/h15-19,33,37-38H,3-14H2,1-2H3/t15-,16-,17+,18-,19-,26-,27-,28-/m0/s1. The van der Waals surface area contributed by atoms with Crippen molar-refractivity contribution in [2.24, 2.45) is 39.6 Å². The SMILES string of the molecule is C[C@]12CC[C@H](O)C[C@@H]1CC[C@@H]1[C@@H]2CC[C@@]2(C)[C@H]1CC[C@@]2(O)CCCNc1c(F)c(N=[N+]=[N-])c(F)c(F)c1[N+](=O)[O-]. The highest BCUT2D eigenvalue weighted by molar-refractivity contribution is 5.69. The van der Waals surface area contributed by atoms with E-state index in [0.717, 1.165) is 51.4 Å². The zero-order valence-electron chi connectivity index (χ0n) is 23.0. The summed E-state index contributed by atoms with van der Waals surface area (Å²) >= 11 is 0. The largest absolute Gasteiger partial charge is 0.393 e. The Morgan fingerprint density at radius 3 is 2.50 bits per heavy atom. The summed E-state index contributed by atoms with van der Waals surface area (Å²) in [5.41, 5.74) is 4.01. The van der Waals surface area contributed by atoms with E-state index < -0.39 is 45.0 Å². The van der Waals surface area contributed by atoms with E-state index in [-0.39, 0.29) is 23.5 Å². The highest BCUT2D eigenvalue weighted by Gasteiger charge is 2.64. The molecule has 0 spiro atoms. The van der Waals surface area contributed by atoms with Crippen molar-refractivity contribution in [3.63, 3.8) is 0 Å². The van der Waals surface area contributed by atoms with Crippen molar-refractivity contribution in [2.75, 3.05) is 11.9 Å². The lowest BCUT2D eigenvalue weighted by Crippen LogP contribution is -2.56. The second kappa shape index (κ2) is 10.4. The Bertz CT molecular complexity index is 1250. The first-order valence-electron chi connectivity index (χ1n) is 14.4. The van der Waals surface area contributed by atoms with Crippen LogP contribution in [0.25, 0.3) is 10.4 Å². The molecule has 1 aromatic carbocycles. The summed E-state index contributed by atoms with van der Waals surface area (Å²) in [6, 6.07) is 0. The third-order valence-electron chi connectivity index (χ3n) is 11.6. The molecule has 0 bridgehead atoms. The molecule has 3 N–H and O–H groups in total. The van der Waals surface area contributed by atoms with Crippen molar-refractivity contribution in [2.45, 2.75) is 96.2 Å². The third-order valence-corrected chi connectivity index (χ3v) is 11.6. The van der Waals surface area contributed by atoms with Crippen LogP contribution >= 0.6 is 0 Å². The first kappa shape index (κ1) is 29.0. The van der Waals surface area contributed by atoms with Gasteiger partial charge in [-0.1, -0.05) is 19.0 Å². The molecule has 4 aliphatic carbocycles. The lowest BCUT2D eigenvalue weighted by atomic mass is 9.44. The number of hydrogen-bond donors (Lipinski definition) is 3. The summed E-state index contributed by atoms with van der Waals surface area (Å²) in [5.74, 6) is -3.32. The van der Waals surface area contributed by atoms with Crippen molar-refractivity contribution in [1.29, 1.82) is 0 Å². The van der Waals surface area contributed by atoms with E-state index in [2.05, 4.69) is 29.2 Å². The average molecular weight is 566 g/mol. The first-order chi connectivity index (χ1) is 18.9. The van der Waals surface area contributed by atoms with Crippen molar-refractivity contribution < 1.29 is 28.3 Å². The highest BCUT2D eigenvalue weighted by atomic mass is 19.2. The van der Waals surface area contributed by atoms with Crippen LogP contribution in [0.15, 0.2) is 5.11 Å². The van der Waals surface area contributed by atoms with Crippen LogP contribution in [-0.2, 0) is 0 Å². The van der Waals surface area contributed by atoms with Crippen molar-refractivity contribution >= 4 is 17.1 Å². The van der Waals surface area contributed by atoms with E-state index in [9.17, 15) is 33.5 Å². The number of nitrogens with zero attached hydrogens (tertiary/aromatic N) is 4. The number of aliphatic hydroxyl groups is 2. The Kier molecular flexibility index (Phi) is 7.50. The van der Waals surface area contributed by atoms with E-state index in [0.29, 0.717) is 42.9 Å². The quantitative estimate of drug-likeness (QED) is 0.0605. The van der Waals surface area contributed by atoms with Gasteiger partial charge in [-0.3, -0.25) is 10.1 Å². The summed E-state index contributed by atoms with van der Waals surface area (Å²) in [6.07, 6.45) is 9.00. The van der Waals surface area contributed by atoms with Gasteiger partial charge in [0.25, 0.3) is 0 Å². The number of halogens is 3. The average Bonchev–Trinajstić information content (AvgIpc) is 3.18. The van der Waals surface area contributed by atoms with Crippen LogP contribution in [0.1, 0.15) is 84.5 Å². The molecule has 0 aliphatic heterocycles. The van der Waals surface area contributed by atoms with Crippen LogP contribution in [0.3, 0.4) is 0 Å². The second-order valence-electron chi connectivity index (χ2n) is 13.1. The number of fused-ring (bicyclic) bond motifs is 5. The monoisotopic (exact) mass is 565 g/mol. The summed E-state index contributed by atoms with van der Waals surface area (Å²) in [6.45, 7) is 4.56. The van der Waals surface area contributed by atoms with Gasteiger partial charge in [-0.05, 0) is 111 Å².